The van der Waals surface area contributed by atoms with E-state index in [1.54, 1.807) is 30.3 Å². The second-order valence-corrected chi connectivity index (χ2v) is 8.64. The van der Waals surface area contributed by atoms with Crippen LogP contribution in [0.5, 0.6) is 0 Å². The molecule has 2 aromatic carbocycles. The molecule has 2 rings (SSSR count). The molecule has 0 aromatic heterocycles. The summed E-state index contributed by atoms with van der Waals surface area (Å²) in [6.07, 6.45) is 2.50. The van der Waals surface area contributed by atoms with Crippen LogP contribution in [0.1, 0.15) is 23.1 Å². The normalized spacial score (nSPS) is 11.7. The number of carboxylic acid groups (broad SMARTS) is 1. The van der Waals surface area contributed by atoms with Crippen molar-refractivity contribution >= 4 is 27.6 Å². The first-order valence-corrected chi connectivity index (χ1v) is 10.5. The van der Waals surface area contributed by atoms with Gasteiger partial charge in [-0.25, -0.2) is 8.42 Å². The maximum atomic E-state index is 12.1. The van der Waals surface area contributed by atoms with Gasteiger partial charge < -0.3 is 5.11 Å². The molecule has 0 aliphatic heterocycles. The van der Waals surface area contributed by atoms with E-state index in [-0.39, 0.29) is 13.0 Å². The summed E-state index contributed by atoms with van der Waals surface area (Å²) in [7, 11) is -3.37. The largest absolute Gasteiger partial charge is 0.481 e. The van der Waals surface area contributed by atoms with Crippen molar-refractivity contribution in [1.82, 2.24) is 4.31 Å². The van der Waals surface area contributed by atoms with Crippen LogP contribution < -0.4 is 0 Å². The van der Waals surface area contributed by atoms with E-state index in [0.717, 1.165) is 17.5 Å². The van der Waals surface area contributed by atoms with Gasteiger partial charge in [0.2, 0.25) is 10.0 Å². The molecule has 5 nitrogen and oxygen atoms in total. The van der Waals surface area contributed by atoms with Crippen molar-refractivity contribution in [2.75, 3.05) is 12.8 Å². The van der Waals surface area contributed by atoms with Gasteiger partial charge in [0.25, 0.3) is 0 Å². The Bertz CT molecular complexity index is 867. The number of halogens is 1. The summed E-state index contributed by atoms with van der Waals surface area (Å²) in [5.74, 6) is -0.913. The zero-order valence-corrected chi connectivity index (χ0v) is 16.1. The number of nitrogens with zero attached hydrogens (tertiary/aromatic N) is 1. The zero-order valence-electron chi connectivity index (χ0n) is 14.6. The lowest BCUT2D eigenvalue weighted by Crippen LogP contribution is -2.30. The Kier molecular flexibility index (Phi) is 7.20. The van der Waals surface area contributed by atoms with Gasteiger partial charge in [-0.2, -0.15) is 4.31 Å². The van der Waals surface area contributed by atoms with Crippen molar-refractivity contribution < 1.29 is 18.3 Å². The third-order valence-electron chi connectivity index (χ3n) is 3.94. The van der Waals surface area contributed by atoms with Crippen LogP contribution in [0.25, 0.3) is 0 Å². The molecule has 0 amide bonds. The van der Waals surface area contributed by atoms with E-state index in [0.29, 0.717) is 23.6 Å². The predicted molar refractivity (Wildman–Crippen MR) is 103 cm³/mol. The van der Waals surface area contributed by atoms with Gasteiger partial charge in [0.15, 0.2) is 0 Å². The minimum atomic E-state index is -3.37. The second-order valence-electron chi connectivity index (χ2n) is 6.22. The van der Waals surface area contributed by atoms with Crippen molar-refractivity contribution in [1.29, 1.82) is 0 Å². The molecule has 26 heavy (non-hydrogen) atoms. The summed E-state index contributed by atoms with van der Waals surface area (Å²) in [5.41, 5.74) is 2.49. The number of aliphatic carboxylic acids is 1. The first-order chi connectivity index (χ1) is 12.2. The molecular weight excluding hydrogens is 374 g/mol. The topological polar surface area (TPSA) is 74.7 Å². The molecule has 0 aliphatic carbocycles. The van der Waals surface area contributed by atoms with E-state index in [1.165, 1.54) is 10.6 Å². The van der Waals surface area contributed by atoms with Gasteiger partial charge in [-0.15, -0.1) is 0 Å². The molecule has 1 N–H and O–H groups in total. The highest BCUT2D eigenvalue weighted by Crippen LogP contribution is 2.15. The number of carbonyl (C=O) groups is 1. The quantitative estimate of drug-likeness (QED) is 0.706. The van der Waals surface area contributed by atoms with E-state index >= 15 is 0 Å². The van der Waals surface area contributed by atoms with Crippen LogP contribution in [0, 0.1) is 0 Å². The van der Waals surface area contributed by atoms with Gasteiger partial charge in [0.1, 0.15) is 0 Å². The Morgan fingerprint density at radius 1 is 1.08 bits per heavy atom. The van der Waals surface area contributed by atoms with Gasteiger partial charge in [-0.3, -0.25) is 4.79 Å². The van der Waals surface area contributed by atoms with E-state index in [2.05, 4.69) is 0 Å². The lowest BCUT2D eigenvalue weighted by Gasteiger charge is -2.20. The molecule has 0 unspecified atom stereocenters. The molecule has 0 fully saturated rings. The van der Waals surface area contributed by atoms with Gasteiger partial charge in [0.05, 0.1) is 12.7 Å². The molecule has 2 aromatic rings. The molecule has 0 radical (unpaired) electrons. The monoisotopic (exact) mass is 395 g/mol. The van der Waals surface area contributed by atoms with E-state index < -0.39 is 16.0 Å². The van der Waals surface area contributed by atoms with Crippen molar-refractivity contribution in [3.05, 3.63) is 70.2 Å². The third kappa shape index (κ3) is 6.78. The Morgan fingerprint density at radius 3 is 2.38 bits per heavy atom. The fourth-order valence-corrected chi connectivity index (χ4v) is 3.79. The van der Waals surface area contributed by atoms with Crippen LogP contribution in [0.15, 0.2) is 48.5 Å². The molecule has 0 saturated heterocycles. The van der Waals surface area contributed by atoms with Gasteiger partial charge in [-0.05, 0) is 41.7 Å². The summed E-state index contributed by atoms with van der Waals surface area (Å²) in [4.78, 5) is 10.8. The summed E-state index contributed by atoms with van der Waals surface area (Å²) < 4.78 is 25.6. The SMILES string of the molecule is CS(=O)(=O)N(CCCc1cccc(Cl)c1)Cc1cccc(CC(=O)O)c1. The van der Waals surface area contributed by atoms with E-state index in [1.807, 2.05) is 18.2 Å². The number of aryl methyl sites for hydroxylation is 1. The predicted octanol–water partition coefficient (Wildman–Crippen LogP) is 3.36. The smallest absolute Gasteiger partial charge is 0.307 e. The summed E-state index contributed by atoms with van der Waals surface area (Å²) >= 11 is 5.97. The highest BCUT2D eigenvalue weighted by molar-refractivity contribution is 7.88. The number of hydrogen-bond donors (Lipinski definition) is 1. The van der Waals surface area contributed by atoms with E-state index in [9.17, 15) is 13.2 Å². The molecule has 0 heterocycles. The van der Waals surface area contributed by atoms with Crippen molar-refractivity contribution in [3.63, 3.8) is 0 Å². The van der Waals surface area contributed by atoms with Crippen LogP contribution >= 0.6 is 11.6 Å². The maximum Gasteiger partial charge on any atom is 0.307 e. The molecule has 0 atom stereocenters. The molecule has 140 valence electrons. The zero-order chi connectivity index (χ0) is 19.2. The maximum absolute atomic E-state index is 12.1. The first-order valence-electron chi connectivity index (χ1n) is 8.23. The minimum absolute atomic E-state index is 0.0819. The number of sulfonamides is 1. The van der Waals surface area contributed by atoms with Crippen LogP contribution in [0.4, 0.5) is 0 Å². The lowest BCUT2D eigenvalue weighted by atomic mass is 10.1. The number of carboxylic acids is 1. The van der Waals surface area contributed by atoms with Crippen LogP contribution in [0.3, 0.4) is 0 Å². The standard InChI is InChI=1S/C19H22ClNO4S/c1-26(24,25)21(10-4-8-15-5-3-9-18(20)12-15)14-17-7-2-6-16(11-17)13-19(22)23/h2-3,5-7,9,11-12H,4,8,10,13-14H2,1H3,(H,22,23). The van der Waals surface area contributed by atoms with Crippen LogP contribution in [0.2, 0.25) is 5.02 Å². The van der Waals surface area contributed by atoms with Crippen LogP contribution in [-0.2, 0) is 34.2 Å². The highest BCUT2D eigenvalue weighted by atomic mass is 35.5. The average Bonchev–Trinajstić information content (AvgIpc) is 2.53. The summed E-state index contributed by atoms with van der Waals surface area (Å²) in [6, 6.07) is 14.5. The second kappa shape index (κ2) is 9.16. The summed E-state index contributed by atoms with van der Waals surface area (Å²) in [5, 5.41) is 9.56. The van der Waals surface area contributed by atoms with Crippen molar-refractivity contribution in [3.8, 4) is 0 Å². The van der Waals surface area contributed by atoms with E-state index in [4.69, 9.17) is 16.7 Å². The van der Waals surface area contributed by atoms with Gasteiger partial charge >= 0.3 is 5.97 Å². The Balaban J connectivity index is 2.02. The molecular formula is C19H22ClNO4S. The molecule has 0 saturated carbocycles. The molecule has 0 bridgehead atoms. The highest BCUT2D eigenvalue weighted by Gasteiger charge is 2.17. The summed E-state index contributed by atoms with van der Waals surface area (Å²) in [6.45, 7) is 0.607. The Morgan fingerprint density at radius 2 is 1.73 bits per heavy atom. The van der Waals surface area contributed by atoms with Gasteiger partial charge in [-0.1, -0.05) is 48.0 Å². The average molecular weight is 396 g/mol. The number of benzene rings is 2. The van der Waals surface area contributed by atoms with Crippen molar-refractivity contribution in [2.24, 2.45) is 0 Å². The number of rotatable bonds is 9. The molecule has 7 heteroatoms. The fourth-order valence-electron chi connectivity index (χ4n) is 2.73. The molecule has 0 aliphatic rings. The lowest BCUT2D eigenvalue weighted by molar-refractivity contribution is -0.136. The molecule has 0 spiro atoms. The number of hydrogen-bond acceptors (Lipinski definition) is 3. The van der Waals surface area contributed by atoms with Crippen molar-refractivity contribution in [2.45, 2.75) is 25.8 Å². The Hall–Kier alpha value is -1.89. The van der Waals surface area contributed by atoms with Gasteiger partial charge in [0, 0.05) is 18.1 Å². The Labute approximate surface area is 159 Å². The minimum Gasteiger partial charge on any atom is -0.481 e. The van der Waals surface area contributed by atoms with Crippen LogP contribution in [-0.4, -0.2) is 36.6 Å². The third-order valence-corrected chi connectivity index (χ3v) is 5.42. The fraction of sp³-hybridized carbons (Fsp3) is 0.316. The first kappa shape index (κ1) is 20.4.